The van der Waals surface area contributed by atoms with Gasteiger partial charge in [-0.05, 0) is 18.4 Å². The van der Waals surface area contributed by atoms with Gasteiger partial charge in [0.25, 0.3) is 0 Å². The van der Waals surface area contributed by atoms with Crippen molar-refractivity contribution in [3.8, 4) is 0 Å². The third-order valence-electron chi connectivity index (χ3n) is 3.87. The fourth-order valence-electron chi connectivity index (χ4n) is 2.65. The number of hydrogen-bond acceptors (Lipinski definition) is 5. The second-order valence-electron chi connectivity index (χ2n) is 4.78. The van der Waals surface area contributed by atoms with Gasteiger partial charge < -0.3 is 24.8 Å². The summed E-state index contributed by atoms with van der Waals surface area (Å²) < 4.78 is 10.5. The van der Waals surface area contributed by atoms with Crippen LogP contribution in [0.1, 0.15) is 26.2 Å². The molecule has 1 fully saturated rings. The van der Waals surface area contributed by atoms with Gasteiger partial charge in [-0.2, -0.15) is 0 Å². The lowest BCUT2D eigenvalue weighted by atomic mass is 9.73. The molecule has 3 N–H and O–H groups in total. The molecule has 5 atom stereocenters. The monoisotopic (exact) mass is 244 g/mol. The molecule has 1 heterocycles. The molecule has 0 radical (unpaired) electrons. The van der Waals surface area contributed by atoms with E-state index in [2.05, 4.69) is 0 Å². The van der Waals surface area contributed by atoms with Gasteiger partial charge in [-0.1, -0.05) is 13.3 Å². The van der Waals surface area contributed by atoms with Crippen LogP contribution in [0.15, 0.2) is 11.8 Å². The normalized spacial score (nSPS) is 45.8. The van der Waals surface area contributed by atoms with Crippen LogP contribution in [0.4, 0.5) is 0 Å². The van der Waals surface area contributed by atoms with E-state index in [1.54, 1.807) is 6.08 Å². The Morgan fingerprint density at radius 3 is 2.82 bits per heavy atom. The molecule has 1 aliphatic heterocycles. The van der Waals surface area contributed by atoms with Gasteiger partial charge in [-0.25, -0.2) is 0 Å². The molecule has 5 nitrogen and oxygen atoms in total. The zero-order valence-electron chi connectivity index (χ0n) is 10.2. The van der Waals surface area contributed by atoms with E-state index in [4.69, 9.17) is 9.47 Å². The molecule has 98 valence electrons. The molecule has 1 saturated heterocycles. The molecule has 17 heavy (non-hydrogen) atoms. The first kappa shape index (κ1) is 12.8. The van der Waals surface area contributed by atoms with Crippen molar-refractivity contribution in [3.05, 3.63) is 11.8 Å². The Morgan fingerprint density at radius 1 is 1.53 bits per heavy atom. The molecular weight excluding hydrogens is 224 g/mol. The van der Waals surface area contributed by atoms with E-state index < -0.39 is 24.1 Å². The summed E-state index contributed by atoms with van der Waals surface area (Å²) in [4.78, 5) is 0. The van der Waals surface area contributed by atoms with E-state index in [9.17, 15) is 15.3 Å². The molecule has 0 aromatic rings. The zero-order chi connectivity index (χ0) is 12.6. The van der Waals surface area contributed by atoms with Crippen LogP contribution in [0.5, 0.6) is 0 Å². The lowest BCUT2D eigenvalue weighted by Gasteiger charge is -2.48. The highest BCUT2D eigenvalue weighted by Gasteiger charge is 2.55. The smallest absolute Gasteiger partial charge is 0.201 e. The van der Waals surface area contributed by atoms with Crippen molar-refractivity contribution >= 4 is 0 Å². The van der Waals surface area contributed by atoms with Crippen LogP contribution in [0, 0.1) is 5.92 Å². The lowest BCUT2D eigenvalue weighted by molar-refractivity contribution is -0.244. The summed E-state index contributed by atoms with van der Waals surface area (Å²) in [5, 5.41) is 30.7. The van der Waals surface area contributed by atoms with E-state index in [0.717, 1.165) is 6.42 Å². The third kappa shape index (κ3) is 1.87. The van der Waals surface area contributed by atoms with Crippen molar-refractivity contribution in [2.24, 2.45) is 5.92 Å². The zero-order valence-corrected chi connectivity index (χ0v) is 10.2. The van der Waals surface area contributed by atoms with E-state index >= 15 is 0 Å². The van der Waals surface area contributed by atoms with Crippen LogP contribution in [0.25, 0.3) is 0 Å². The molecule has 0 spiro atoms. The number of fused-ring (bicyclic) bond motifs is 1. The molecule has 0 amide bonds. The molecule has 0 aromatic carbocycles. The summed E-state index contributed by atoms with van der Waals surface area (Å²) in [6.45, 7) is 1.95. The highest BCUT2D eigenvalue weighted by atomic mass is 16.7. The van der Waals surface area contributed by atoms with Gasteiger partial charge in [0.15, 0.2) is 5.60 Å². The lowest BCUT2D eigenvalue weighted by Crippen LogP contribution is -2.62. The van der Waals surface area contributed by atoms with E-state index in [1.807, 2.05) is 6.92 Å². The Hall–Kier alpha value is -0.620. The predicted octanol–water partition coefficient (Wildman–Crippen LogP) is 0.146. The summed E-state index contributed by atoms with van der Waals surface area (Å²) in [5.41, 5.74) is -1.69. The van der Waals surface area contributed by atoms with E-state index in [-0.39, 0.29) is 18.1 Å². The number of aliphatic hydroxyl groups is 3. The van der Waals surface area contributed by atoms with Crippen LogP contribution in [-0.4, -0.2) is 46.5 Å². The largest absolute Gasteiger partial charge is 0.466 e. The molecule has 0 bridgehead atoms. The van der Waals surface area contributed by atoms with Crippen LogP contribution in [0.2, 0.25) is 0 Å². The maximum atomic E-state index is 10.5. The Balaban J connectivity index is 2.30. The first-order valence-corrected chi connectivity index (χ1v) is 6.02. The third-order valence-corrected chi connectivity index (χ3v) is 3.87. The number of allylic oxidation sites excluding steroid dienone is 1. The predicted molar refractivity (Wildman–Crippen MR) is 59.9 cm³/mol. The summed E-state index contributed by atoms with van der Waals surface area (Å²) in [5.74, 6) is 0.182. The number of ether oxygens (including phenoxy) is 2. The van der Waals surface area contributed by atoms with Gasteiger partial charge in [-0.3, -0.25) is 0 Å². The molecule has 0 unspecified atom stereocenters. The molecular formula is C12H20O5. The Morgan fingerprint density at radius 2 is 2.24 bits per heavy atom. The molecule has 2 rings (SSSR count). The second kappa shape index (κ2) is 4.57. The summed E-state index contributed by atoms with van der Waals surface area (Å²) >= 11 is 0. The van der Waals surface area contributed by atoms with Crippen LogP contribution >= 0.6 is 0 Å². The minimum absolute atomic E-state index is 0.0545. The van der Waals surface area contributed by atoms with Gasteiger partial charge in [0.1, 0.15) is 5.76 Å². The average molecular weight is 244 g/mol. The first-order valence-electron chi connectivity index (χ1n) is 6.02. The van der Waals surface area contributed by atoms with Crippen LogP contribution in [0.3, 0.4) is 0 Å². The van der Waals surface area contributed by atoms with Crippen molar-refractivity contribution in [2.45, 2.75) is 50.3 Å². The van der Waals surface area contributed by atoms with Crippen LogP contribution in [-0.2, 0) is 9.47 Å². The first-order chi connectivity index (χ1) is 8.03. The maximum absolute atomic E-state index is 10.5. The van der Waals surface area contributed by atoms with Crippen molar-refractivity contribution < 1.29 is 24.8 Å². The van der Waals surface area contributed by atoms with Gasteiger partial charge in [-0.15, -0.1) is 0 Å². The van der Waals surface area contributed by atoms with E-state index in [1.165, 1.54) is 7.11 Å². The Kier molecular flexibility index (Phi) is 3.45. The summed E-state index contributed by atoms with van der Waals surface area (Å²) in [6.07, 6.45) is 0.637. The average Bonchev–Trinajstić information content (AvgIpc) is 2.33. The quantitative estimate of drug-likeness (QED) is 0.644. The molecule has 1 aliphatic carbocycles. The standard InChI is InChI=1S/C12H20O5/c1-3-7-4-5-9-12(15,11(7)14)8(13)6-10(16-2)17-9/h5,7-8,10-11,13-15H,3-4,6H2,1-2H3/t7-,8+,10+,11-,12-/m1/s1. The van der Waals surface area contributed by atoms with Crippen molar-refractivity contribution in [1.82, 2.24) is 0 Å². The van der Waals surface area contributed by atoms with Crippen molar-refractivity contribution in [2.75, 3.05) is 7.11 Å². The number of methoxy groups -OCH3 is 1. The Labute approximate surface area is 101 Å². The fourth-order valence-corrected chi connectivity index (χ4v) is 2.65. The van der Waals surface area contributed by atoms with Gasteiger partial charge in [0.2, 0.25) is 6.29 Å². The molecule has 5 heteroatoms. The van der Waals surface area contributed by atoms with Gasteiger partial charge in [0.05, 0.1) is 12.2 Å². The number of rotatable bonds is 2. The maximum Gasteiger partial charge on any atom is 0.201 e. The SMILES string of the molecule is CC[C@@H]1CC=C2O[C@H](OC)C[C@H](O)[C@]2(O)[C@@H]1O. The molecule has 0 saturated carbocycles. The highest BCUT2D eigenvalue weighted by Crippen LogP contribution is 2.42. The van der Waals surface area contributed by atoms with Gasteiger partial charge in [0, 0.05) is 13.5 Å². The summed E-state index contributed by atoms with van der Waals surface area (Å²) in [6, 6.07) is 0. The molecule has 2 aliphatic rings. The van der Waals surface area contributed by atoms with Crippen molar-refractivity contribution in [1.29, 1.82) is 0 Å². The highest BCUT2D eigenvalue weighted by molar-refractivity contribution is 5.23. The van der Waals surface area contributed by atoms with E-state index in [0.29, 0.717) is 6.42 Å². The second-order valence-corrected chi connectivity index (χ2v) is 4.78. The molecule has 0 aromatic heterocycles. The van der Waals surface area contributed by atoms with Crippen molar-refractivity contribution in [3.63, 3.8) is 0 Å². The minimum Gasteiger partial charge on any atom is -0.466 e. The number of aliphatic hydroxyl groups excluding tert-OH is 2. The fraction of sp³-hybridized carbons (Fsp3) is 0.833. The number of hydrogen-bond donors (Lipinski definition) is 3. The topological polar surface area (TPSA) is 79.2 Å². The van der Waals surface area contributed by atoms with Gasteiger partial charge >= 0.3 is 0 Å². The van der Waals surface area contributed by atoms with Crippen LogP contribution < -0.4 is 0 Å². The Bertz CT molecular complexity index is 316. The summed E-state index contributed by atoms with van der Waals surface area (Å²) in [7, 11) is 1.48. The minimum atomic E-state index is -1.69.